The fraction of sp³-hybridized carbons (Fsp3) is 0.247. The van der Waals surface area contributed by atoms with Gasteiger partial charge < -0.3 is 39.2 Å². The minimum Gasteiger partial charge on any atom is -0.407 e. The maximum atomic E-state index is 12.9. The van der Waals surface area contributed by atoms with E-state index in [2.05, 4.69) is 114 Å². The van der Waals surface area contributed by atoms with Gasteiger partial charge in [-0.3, -0.25) is 33.8 Å². The van der Waals surface area contributed by atoms with Gasteiger partial charge in [-0.15, -0.1) is 10.2 Å². The van der Waals surface area contributed by atoms with Crippen molar-refractivity contribution in [1.82, 2.24) is 5.17 Å². The van der Waals surface area contributed by atoms with Crippen molar-refractivity contribution >= 4 is 130 Å². The lowest BCUT2D eigenvalue weighted by Crippen LogP contribution is -2.25. The summed E-state index contributed by atoms with van der Waals surface area (Å²) in [6, 6.07) is 63.3. The van der Waals surface area contributed by atoms with Crippen molar-refractivity contribution in [3.8, 4) is 0 Å². The molecular weight excluding hydrogens is 1430 g/mol. The second-order valence-corrected chi connectivity index (χ2v) is 26.2. The van der Waals surface area contributed by atoms with E-state index in [4.69, 9.17) is 21.0 Å². The Hall–Kier alpha value is -13.5. The van der Waals surface area contributed by atoms with Crippen molar-refractivity contribution in [2.24, 2.45) is 30.5 Å². The van der Waals surface area contributed by atoms with Gasteiger partial charge in [0.05, 0.1) is 34.0 Å². The van der Waals surface area contributed by atoms with Crippen LogP contribution in [0.4, 0.5) is 51.2 Å². The molecular formula is C89H94N14O10. The average Bonchev–Trinajstić information content (AvgIpc) is 1.65. The molecule has 0 spiro atoms. The number of azo groups is 1. The minimum atomic E-state index is -0.596. The first kappa shape index (κ1) is 83.5. The van der Waals surface area contributed by atoms with Crippen LogP contribution in [0.2, 0.25) is 0 Å². The second-order valence-electron chi connectivity index (χ2n) is 26.2. The number of nitrogens with one attached hydrogen (secondary N) is 1. The zero-order valence-corrected chi connectivity index (χ0v) is 64.6. The van der Waals surface area contributed by atoms with Crippen LogP contribution in [0.15, 0.2) is 266 Å². The van der Waals surface area contributed by atoms with Crippen LogP contribution in [0.3, 0.4) is 0 Å². The number of hydrogen-bond donors (Lipinski definition) is 1. The van der Waals surface area contributed by atoms with Gasteiger partial charge in [0.25, 0.3) is 42.5 Å². The summed E-state index contributed by atoms with van der Waals surface area (Å²) < 4.78 is 9.90. The Morgan fingerprint density at radius 1 is 0.496 bits per heavy atom. The monoisotopic (exact) mass is 1520 g/mol. The highest BCUT2D eigenvalue weighted by Crippen LogP contribution is 2.31. The molecule has 580 valence electrons. The average molecular weight is 1520 g/mol. The smallest absolute Gasteiger partial charge is 0.316 e. The molecule has 24 nitrogen and oxygen atoms in total. The van der Waals surface area contributed by atoms with E-state index in [1.807, 2.05) is 110 Å². The molecule has 0 bridgehead atoms. The third-order valence-corrected chi connectivity index (χ3v) is 18.1. The predicted molar refractivity (Wildman–Crippen MR) is 449 cm³/mol. The van der Waals surface area contributed by atoms with E-state index in [1.165, 1.54) is 92.8 Å². The van der Waals surface area contributed by atoms with Gasteiger partial charge in [-0.2, -0.15) is 20.2 Å². The number of carbonyl (C=O) groups excluding carboxylic acids is 6. The van der Waals surface area contributed by atoms with Crippen LogP contribution < -0.4 is 30.0 Å². The molecule has 3 aliphatic heterocycles. The van der Waals surface area contributed by atoms with E-state index >= 15 is 0 Å². The van der Waals surface area contributed by atoms with Gasteiger partial charge in [-0.25, -0.2) is 0 Å². The molecule has 0 unspecified atom stereocenters. The molecule has 8 aromatic carbocycles. The molecule has 0 aromatic heterocycles. The van der Waals surface area contributed by atoms with E-state index in [0.29, 0.717) is 39.0 Å². The fourth-order valence-corrected chi connectivity index (χ4v) is 12.0. The van der Waals surface area contributed by atoms with Crippen molar-refractivity contribution in [2.75, 3.05) is 70.3 Å². The first-order valence-corrected chi connectivity index (χ1v) is 37.8. The van der Waals surface area contributed by atoms with E-state index in [-0.39, 0.29) is 59.1 Å². The van der Waals surface area contributed by atoms with E-state index in [9.17, 15) is 28.8 Å². The normalized spacial score (nSPS) is 14.1. The number of amides is 4. The largest absolute Gasteiger partial charge is 0.407 e. The molecule has 0 saturated heterocycles. The fourth-order valence-electron chi connectivity index (χ4n) is 12.0. The van der Waals surface area contributed by atoms with Gasteiger partial charge in [0, 0.05) is 85.1 Å². The molecule has 4 amide bonds. The molecule has 3 aliphatic rings. The zero-order chi connectivity index (χ0) is 80.1. The maximum absolute atomic E-state index is 12.9. The van der Waals surface area contributed by atoms with Crippen LogP contribution in [0.5, 0.6) is 0 Å². The quantitative estimate of drug-likeness (QED) is 0.00447. The van der Waals surface area contributed by atoms with Gasteiger partial charge in [-0.05, 0) is 187 Å². The number of benzene rings is 8. The molecule has 24 heteroatoms. The second kappa shape index (κ2) is 44.2. The van der Waals surface area contributed by atoms with Crippen LogP contribution in [0.1, 0.15) is 137 Å². The van der Waals surface area contributed by atoms with Crippen molar-refractivity contribution in [2.45, 2.75) is 105 Å². The summed E-state index contributed by atoms with van der Waals surface area (Å²) in [4.78, 5) is 96.8. The Morgan fingerprint density at radius 2 is 0.920 bits per heavy atom. The SMILES string of the molecule is CCN(CC)c1ccc(N=Nc2ccc(C=C3C(=O)N(c4ccccc4)N=C3OC=O)cc2)cc1.CN(C)c1ccc(C(=O)Nc2ccc(C=C3C(=O)N(c4ccccc4)N=C3OC=O)cc2)cc1.[C-]#[N+]C1=NN(OOC=C)C(=O)C1=Cc1ccc(N=Cc2ccc(N(CCCCCCCC)CCCCCCCC)cc2)cc1. The lowest BCUT2D eigenvalue weighted by molar-refractivity contribution is -0.378. The van der Waals surface area contributed by atoms with E-state index in [1.54, 1.807) is 115 Å². The summed E-state index contributed by atoms with van der Waals surface area (Å²) in [5, 5.41) is 26.6. The Balaban J connectivity index is 0.000000196. The first-order chi connectivity index (χ1) is 55.2. The standard InChI is InChI=1S/C36H47N5O3.C27H25N5O3.C26H22N4O4/c1-5-8-10-12-14-16-26-40(27-17-15-13-11-9-6-2)33-24-20-31(21-25-33)29-38-32-22-18-30(19-23-32)28-34-35(37-4)39-41(36(34)42)44-43-7-3;1-3-31(4-2)23-16-14-22(15-17-23)29-28-21-12-10-20(11-13-21)18-25-26(35-19-33)30-32(27(25)34)24-8-6-5-7-9-24;1-29(2)21-14-10-19(11-15-21)24(32)27-20-12-8-18(9-13-20)16-23-25(34-17-31)28-30(26(23)33)22-6-4-3-5-7-22/h7,18-25,28-29H,3,5-6,8-17,26-27H2,1-2H3;5-19H,3-4H2,1-2H3;3-17H,1-2H3,(H,27,32). The maximum Gasteiger partial charge on any atom is 0.316 e. The Labute approximate surface area is 660 Å². The third-order valence-electron chi connectivity index (χ3n) is 18.1. The lowest BCUT2D eigenvalue weighted by Gasteiger charge is -2.25. The Bertz CT molecular complexity index is 4770. The van der Waals surface area contributed by atoms with Gasteiger partial charge in [0.2, 0.25) is 0 Å². The van der Waals surface area contributed by atoms with Crippen molar-refractivity contribution < 1.29 is 48.1 Å². The summed E-state index contributed by atoms with van der Waals surface area (Å²) >= 11 is 0. The number of anilines is 6. The molecule has 1 N–H and O–H groups in total. The summed E-state index contributed by atoms with van der Waals surface area (Å²) in [7, 11) is 3.87. The molecule has 3 heterocycles. The topological polar surface area (TPSA) is 249 Å². The summed E-state index contributed by atoms with van der Waals surface area (Å²) in [6.45, 7) is 24.1. The highest BCUT2D eigenvalue weighted by atomic mass is 17.3. The Kier molecular flexibility index (Phi) is 32.7. The lowest BCUT2D eigenvalue weighted by atomic mass is 10.1. The third kappa shape index (κ3) is 24.7. The number of nitrogens with zero attached hydrogens (tertiary/aromatic N) is 13. The molecule has 0 atom stereocenters. The number of aliphatic imine (C=N–C) groups is 1. The molecule has 113 heavy (non-hydrogen) atoms. The Morgan fingerprint density at radius 3 is 1.38 bits per heavy atom. The number of unbranched alkanes of at least 4 members (excludes halogenated alkanes) is 10. The molecule has 11 rings (SSSR count). The van der Waals surface area contributed by atoms with Crippen molar-refractivity contribution in [3.63, 3.8) is 0 Å². The van der Waals surface area contributed by atoms with Gasteiger partial charge in [0.1, 0.15) is 17.4 Å². The number of carbonyl (C=O) groups is 6. The highest BCUT2D eigenvalue weighted by Gasteiger charge is 2.37. The molecule has 0 aliphatic carbocycles. The first-order valence-electron chi connectivity index (χ1n) is 37.8. The van der Waals surface area contributed by atoms with E-state index < -0.39 is 11.8 Å². The molecule has 0 fully saturated rings. The van der Waals surface area contributed by atoms with Crippen LogP contribution in [-0.2, 0) is 43.3 Å². The minimum absolute atomic E-state index is 0.0502. The molecule has 0 radical (unpaired) electrons. The van der Waals surface area contributed by atoms with Gasteiger partial charge in [0.15, 0.2) is 0 Å². The summed E-state index contributed by atoms with van der Waals surface area (Å²) in [6.07, 6.45) is 23.4. The zero-order valence-electron chi connectivity index (χ0n) is 64.6. The predicted octanol–water partition coefficient (Wildman–Crippen LogP) is 19.2. The molecule has 0 saturated carbocycles. The van der Waals surface area contributed by atoms with E-state index in [0.717, 1.165) is 71.9 Å². The molecule has 8 aromatic rings. The van der Waals surface area contributed by atoms with Crippen molar-refractivity contribution in [3.05, 3.63) is 275 Å². The number of ether oxygens (including phenoxy) is 2. The van der Waals surface area contributed by atoms with Gasteiger partial charge >= 0.3 is 11.7 Å². The van der Waals surface area contributed by atoms with Crippen LogP contribution in [0, 0.1) is 6.57 Å². The summed E-state index contributed by atoms with van der Waals surface area (Å²) in [5.41, 5.74) is 11.5. The number of hydrazone groups is 3. The summed E-state index contributed by atoms with van der Waals surface area (Å²) in [5.74, 6) is -1.83. The van der Waals surface area contributed by atoms with Crippen LogP contribution in [0.25, 0.3) is 23.1 Å². The number of para-hydroxylation sites is 2. The number of rotatable bonds is 35. The highest BCUT2D eigenvalue weighted by molar-refractivity contribution is 6.32. The van der Waals surface area contributed by atoms with Crippen molar-refractivity contribution in [1.29, 1.82) is 0 Å². The van der Waals surface area contributed by atoms with Crippen LogP contribution in [-0.4, -0.2) is 106 Å². The number of hydroxylamine groups is 1. The number of hydrogen-bond acceptors (Lipinski definition) is 19. The number of amidine groups is 1. The van der Waals surface area contributed by atoms with Gasteiger partial charge in [-0.1, -0.05) is 182 Å². The van der Waals surface area contributed by atoms with Crippen LogP contribution >= 0.6 is 0 Å².